The third-order valence-corrected chi connectivity index (χ3v) is 4.07. The van der Waals surface area contributed by atoms with Crippen LogP contribution in [0.25, 0.3) is 0 Å². The van der Waals surface area contributed by atoms with E-state index in [-0.39, 0.29) is 0 Å². The number of rotatable bonds is 6. The van der Waals surface area contributed by atoms with E-state index in [2.05, 4.69) is 15.8 Å². The molecule has 6 heteroatoms. The van der Waals surface area contributed by atoms with Gasteiger partial charge in [-0.2, -0.15) is 5.10 Å². The van der Waals surface area contributed by atoms with Gasteiger partial charge in [0, 0.05) is 16.3 Å². The minimum absolute atomic E-state index is 0.414. The van der Waals surface area contributed by atoms with Gasteiger partial charge < -0.3 is 10.1 Å². The van der Waals surface area contributed by atoms with Gasteiger partial charge >= 0.3 is 0 Å². The Kier molecular flexibility index (Phi) is 6.79. The predicted octanol–water partition coefficient (Wildman–Crippen LogP) is 5.24. The Morgan fingerprint density at radius 1 is 0.963 bits per heavy atom. The van der Waals surface area contributed by atoms with E-state index in [9.17, 15) is 0 Å². The number of halogens is 1. The van der Waals surface area contributed by atoms with Crippen LogP contribution in [0.5, 0.6) is 5.75 Å². The summed E-state index contributed by atoms with van der Waals surface area (Å²) in [5.41, 5.74) is 5.59. The lowest BCUT2D eigenvalue weighted by Gasteiger charge is -2.09. The fourth-order valence-electron chi connectivity index (χ4n) is 2.30. The number of ether oxygens (including phenoxy) is 1. The monoisotopic (exact) mass is 395 g/mol. The van der Waals surface area contributed by atoms with Gasteiger partial charge in [-0.1, -0.05) is 54.1 Å². The first-order chi connectivity index (χ1) is 13.2. The Morgan fingerprint density at radius 3 is 2.44 bits per heavy atom. The first-order valence-electron chi connectivity index (χ1n) is 8.32. The molecule has 2 N–H and O–H groups in total. The molecule has 0 bridgehead atoms. The molecule has 136 valence electrons. The van der Waals surface area contributed by atoms with Crippen molar-refractivity contribution < 1.29 is 4.74 Å². The summed E-state index contributed by atoms with van der Waals surface area (Å²) in [5, 5.41) is 8.37. The van der Waals surface area contributed by atoms with Gasteiger partial charge in [-0.05, 0) is 54.2 Å². The van der Waals surface area contributed by atoms with Crippen molar-refractivity contribution in [1.29, 1.82) is 0 Å². The van der Waals surface area contributed by atoms with Crippen molar-refractivity contribution in [2.75, 3.05) is 5.32 Å². The topological polar surface area (TPSA) is 45.7 Å². The molecule has 0 aromatic heterocycles. The molecule has 0 saturated heterocycles. The number of anilines is 1. The van der Waals surface area contributed by atoms with E-state index in [1.54, 1.807) is 6.21 Å². The molecule has 0 aliphatic carbocycles. The highest BCUT2D eigenvalue weighted by Crippen LogP contribution is 2.18. The minimum atomic E-state index is 0.414. The molecule has 0 aliphatic rings. The van der Waals surface area contributed by atoms with Crippen molar-refractivity contribution in [1.82, 2.24) is 5.43 Å². The number of hydrogen-bond acceptors (Lipinski definition) is 3. The average Bonchev–Trinajstić information content (AvgIpc) is 2.69. The second-order valence-corrected chi connectivity index (χ2v) is 6.49. The molecule has 27 heavy (non-hydrogen) atoms. The molecule has 0 radical (unpaired) electrons. The quantitative estimate of drug-likeness (QED) is 0.340. The maximum absolute atomic E-state index is 5.91. The van der Waals surface area contributed by atoms with Gasteiger partial charge in [0.2, 0.25) is 0 Å². The number of para-hydroxylation sites is 2. The van der Waals surface area contributed by atoms with Gasteiger partial charge in [-0.3, -0.25) is 5.43 Å². The molecule has 0 saturated carbocycles. The standard InChI is InChI=1S/C21H18ClN3OS/c22-18-12-10-16(11-13-18)15-26-20-9-5-4-6-17(20)14-23-25-21(27)24-19-7-2-1-3-8-19/h1-14H,15H2,(H2,24,25,27). The van der Waals surface area contributed by atoms with Crippen molar-refractivity contribution in [3.63, 3.8) is 0 Å². The molecule has 3 aromatic rings. The van der Waals surface area contributed by atoms with Gasteiger partial charge in [-0.15, -0.1) is 0 Å². The van der Waals surface area contributed by atoms with Crippen LogP contribution in [0.15, 0.2) is 84.0 Å². The van der Waals surface area contributed by atoms with Crippen molar-refractivity contribution in [2.45, 2.75) is 6.61 Å². The summed E-state index contributed by atoms with van der Waals surface area (Å²) >= 11 is 11.1. The summed E-state index contributed by atoms with van der Waals surface area (Å²) in [7, 11) is 0. The molecule has 3 rings (SSSR count). The summed E-state index contributed by atoms with van der Waals surface area (Å²) in [5.74, 6) is 0.736. The normalized spacial score (nSPS) is 10.6. The summed E-state index contributed by atoms with van der Waals surface area (Å²) in [6.07, 6.45) is 1.68. The number of nitrogens with zero attached hydrogens (tertiary/aromatic N) is 1. The van der Waals surface area contributed by atoms with Gasteiger partial charge in [0.25, 0.3) is 0 Å². The van der Waals surface area contributed by atoms with E-state index in [1.165, 1.54) is 0 Å². The summed E-state index contributed by atoms with van der Waals surface area (Å²) in [6, 6.07) is 24.9. The largest absolute Gasteiger partial charge is 0.488 e. The Balaban J connectivity index is 1.57. The lowest BCUT2D eigenvalue weighted by Crippen LogP contribution is -2.23. The molecule has 4 nitrogen and oxygen atoms in total. The van der Waals surface area contributed by atoms with Crippen LogP contribution in [0.4, 0.5) is 5.69 Å². The molecular weight excluding hydrogens is 378 g/mol. The number of benzene rings is 3. The first kappa shape index (κ1) is 18.9. The van der Waals surface area contributed by atoms with Crippen LogP contribution < -0.4 is 15.5 Å². The Hall–Kier alpha value is -2.89. The minimum Gasteiger partial charge on any atom is -0.488 e. The molecule has 0 amide bonds. The molecule has 3 aromatic carbocycles. The zero-order chi connectivity index (χ0) is 18.9. The SMILES string of the molecule is S=C(NN=Cc1ccccc1OCc1ccc(Cl)cc1)Nc1ccccc1. The average molecular weight is 396 g/mol. The van der Waals surface area contributed by atoms with Gasteiger partial charge in [0.15, 0.2) is 5.11 Å². The van der Waals surface area contributed by atoms with Crippen LogP contribution in [-0.4, -0.2) is 11.3 Å². The third-order valence-electron chi connectivity index (χ3n) is 3.63. The molecular formula is C21H18ClN3OS. The Bertz CT molecular complexity index is 914. The van der Waals surface area contributed by atoms with E-state index >= 15 is 0 Å². The van der Waals surface area contributed by atoms with Gasteiger partial charge in [0.1, 0.15) is 12.4 Å². The Morgan fingerprint density at radius 2 is 1.67 bits per heavy atom. The molecule has 0 unspecified atom stereocenters. The highest BCUT2D eigenvalue weighted by molar-refractivity contribution is 7.80. The summed E-state index contributed by atoms with van der Waals surface area (Å²) in [4.78, 5) is 0. The van der Waals surface area contributed by atoms with E-state index in [4.69, 9.17) is 28.6 Å². The Labute approximate surface area is 168 Å². The molecule has 0 spiro atoms. The highest BCUT2D eigenvalue weighted by Gasteiger charge is 2.02. The highest BCUT2D eigenvalue weighted by atomic mass is 35.5. The van der Waals surface area contributed by atoms with Crippen LogP contribution in [0.3, 0.4) is 0 Å². The third kappa shape index (κ3) is 6.09. The van der Waals surface area contributed by atoms with Crippen LogP contribution in [0.1, 0.15) is 11.1 Å². The van der Waals surface area contributed by atoms with E-state index in [0.717, 1.165) is 22.6 Å². The van der Waals surface area contributed by atoms with Crippen LogP contribution >= 0.6 is 23.8 Å². The summed E-state index contributed by atoms with van der Waals surface area (Å²) < 4.78 is 5.91. The molecule has 0 heterocycles. The fraction of sp³-hybridized carbons (Fsp3) is 0.0476. The number of nitrogens with one attached hydrogen (secondary N) is 2. The predicted molar refractivity (Wildman–Crippen MR) is 116 cm³/mol. The van der Waals surface area contributed by atoms with Crippen molar-refractivity contribution >= 4 is 40.8 Å². The number of hydrogen-bond donors (Lipinski definition) is 2. The second kappa shape index (κ2) is 9.71. The lowest BCUT2D eigenvalue weighted by molar-refractivity contribution is 0.306. The number of hydrazone groups is 1. The van der Waals surface area contributed by atoms with Gasteiger partial charge in [0.05, 0.1) is 6.21 Å². The van der Waals surface area contributed by atoms with Crippen LogP contribution in [-0.2, 0) is 6.61 Å². The van der Waals surface area contributed by atoms with E-state index in [1.807, 2.05) is 78.9 Å². The van der Waals surface area contributed by atoms with Crippen molar-refractivity contribution in [3.8, 4) is 5.75 Å². The zero-order valence-corrected chi connectivity index (χ0v) is 16.0. The first-order valence-corrected chi connectivity index (χ1v) is 9.11. The molecule has 0 atom stereocenters. The smallest absolute Gasteiger partial charge is 0.191 e. The second-order valence-electron chi connectivity index (χ2n) is 5.64. The van der Waals surface area contributed by atoms with E-state index < -0.39 is 0 Å². The zero-order valence-electron chi connectivity index (χ0n) is 14.4. The van der Waals surface area contributed by atoms with Crippen molar-refractivity contribution in [3.05, 3.63) is 95.0 Å². The van der Waals surface area contributed by atoms with Crippen LogP contribution in [0.2, 0.25) is 5.02 Å². The fourth-order valence-corrected chi connectivity index (χ4v) is 2.60. The van der Waals surface area contributed by atoms with Crippen molar-refractivity contribution in [2.24, 2.45) is 5.10 Å². The van der Waals surface area contributed by atoms with E-state index in [0.29, 0.717) is 16.7 Å². The van der Waals surface area contributed by atoms with Crippen LogP contribution in [0, 0.1) is 0 Å². The van der Waals surface area contributed by atoms with Gasteiger partial charge in [-0.25, -0.2) is 0 Å². The molecule has 0 fully saturated rings. The maximum atomic E-state index is 5.91. The lowest BCUT2D eigenvalue weighted by atomic mass is 10.2. The molecule has 0 aliphatic heterocycles. The summed E-state index contributed by atoms with van der Waals surface area (Å²) in [6.45, 7) is 0.448. The maximum Gasteiger partial charge on any atom is 0.191 e. The number of thiocarbonyl (C=S) groups is 1.